The van der Waals surface area contributed by atoms with Gasteiger partial charge in [-0.15, -0.1) is 0 Å². The number of carbonyl (C=O) groups is 1. The van der Waals surface area contributed by atoms with Crippen LogP contribution in [-0.2, 0) is 21.4 Å². The zero-order chi connectivity index (χ0) is 15.0. The van der Waals surface area contributed by atoms with Gasteiger partial charge < -0.3 is 4.90 Å². The van der Waals surface area contributed by atoms with Crippen molar-refractivity contribution in [3.8, 4) is 0 Å². The van der Waals surface area contributed by atoms with Crippen molar-refractivity contribution in [2.45, 2.75) is 18.2 Å². The van der Waals surface area contributed by atoms with Crippen molar-refractivity contribution in [1.29, 1.82) is 0 Å². The molecular weight excluding hydrogens is 290 g/mol. The summed E-state index contributed by atoms with van der Waals surface area (Å²) in [4.78, 5) is 17.7. The highest BCUT2D eigenvalue weighted by molar-refractivity contribution is 7.89. The van der Waals surface area contributed by atoms with E-state index < -0.39 is 15.3 Å². The average Bonchev–Trinajstić information content (AvgIpc) is 2.80. The molecule has 0 saturated carbocycles. The van der Waals surface area contributed by atoms with Gasteiger partial charge in [0.1, 0.15) is 5.25 Å². The maximum Gasteiger partial charge on any atom is 0.224 e. The average molecular weight is 305 g/mol. The summed E-state index contributed by atoms with van der Waals surface area (Å²) < 4.78 is 22.7. The van der Waals surface area contributed by atoms with Crippen LogP contribution in [0.1, 0.15) is 12.1 Å². The SMILES string of the molecule is NS(=O)(=O)C1CC(=O)N(Cc2cc3ccccc3cn2)C1. The van der Waals surface area contributed by atoms with Crippen molar-refractivity contribution in [1.82, 2.24) is 9.88 Å². The number of carbonyl (C=O) groups excluding carboxylic acids is 1. The van der Waals surface area contributed by atoms with E-state index in [2.05, 4.69) is 4.98 Å². The topological polar surface area (TPSA) is 93.4 Å². The molecule has 1 amide bonds. The summed E-state index contributed by atoms with van der Waals surface area (Å²) in [6.45, 7) is 0.432. The molecule has 3 rings (SSSR count). The first-order valence-corrected chi connectivity index (χ1v) is 8.17. The summed E-state index contributed by atoms with van der Waals surface area (Å²) >= 11 is 0. The number of rotatable bonds is 3. The van der Waals surface area contributed by atoms with E-state index in [0.29, 0.717) is 6.54 Å². The number of sulfonamides is 1. The van der Waals surface area contributed by atoms with Crippen molar-refractivity contribution in [2.75, 3.05) is 6.54 Å². The van der Waals surface area contributed by atoms with Gasteiger partial charge in [-0.25, -0.2) is 13.6 Å². The molecule has 1 fully saturated rings. The monoisotopic (exact) mass is 305 g/mol. The van der Waals surface area contributed by atoms with Gasteiger partial charge in [0, 0.05) is 24.5 Å². The Balaban J connectivity index is 1.81. The van der Waals surface area contributed by atoms with Gasteiger partial charge in [0.15, 0.2) is 0 Å². The lowest BCUT2D eigenvalue weighted by molar-refractivity contribution is -0.128. The molecule has 1 aromatic carbocycles. The van der Waals surface area contributed by atoms with Gasteiger partial charge >= 0.3 is 0 Å². The molecular formula is C14H15N3O3S. The number of amides is 1. The van der Waals surface area contributed by atoms with Crippen molar-refractivity contribution < 1.29 is 13.2 Å². The summed E-state index contributed by atoms with van der Waals surface area (Å²) in [5, 5.41) is 6.36. The third-order valence-electron chi connectivity index (χ3n) is 3.68. The van der Waals surface area contributed by atoms with Gasteiger partial charge in [0.25, 0.3) is 0 Å². The van der Waals surface area contributed by atoms with E-state index in [9.17, 15) is 13.2 Å². The van der Waals surface area contributed by atoms with E-state index in [1.165, 1.54) is 4.90 Å². The summed E-state index contributed by atoms with van der Waals surface area (Å²) in [5.41, 5.74) is 0.733. The Labute approximate surface area is 122 Å². The lowest BCUT2D eigenvalue weighted by Crippen LogP contribution is -2.32. The van der Waals surface area contributed by atoms with E-state index in [-0.39, 0.29) is 18.9 Å². The van der Waals surface area contributed by atoms with Crippen LogP contribution in [0.5, 0.6) is 0 Å². The van der Waals surface area contributed by atoms with E-state index in [1.54, 1.807) is 6.20 Å². The largest absolute Gasteiger partial charge is 0.335 e. The molecule has 1 atom stereocenters. The van der Waals surface area contributed by atoms with Gasteiger partial charge in [-0.2, -0.15) is 0 Å². The van der Waals surface area contributed by atoms with Gasteiger partial charge in [-0.3, -0.25) is 9.78 Å². The lowest BCUT2D eigenvalue weighted by Gasteiger charge is -2.15. The number of nitrogens with zero attached hydrogens (tertiary/aromatic N) is 2. The van der Waals surface area contributed by atoms with E-state index in [1.807, 2.05) is 30.3 Å². The van der Waals surface area contributed by atoms with E-state index in [4.69, 9.17) is 5.14 Å². The normalized spacial score (nSPS) is 19.4. The number of benzene rings is 1. The van der Waals surface area contributed by atoms with Crippen LogP contribution in [0.15, 0.2) is 36.5 Å². The molecule has 2 heterocycles. The lowest BCUT2D eigenvalue weighted by atomic mass is 10.1. The molecule has 2 N–H and O–H groups in total. The standard InChI is InChI=1S/C14H15N3O3S/c15-21(19,20)13-6-14(18)17(9-13)8-12-5-10-3-1-2-4-11(10)7-16-12/h1-5,7,13H,6,8-9H2,(H2,15,19,20). The molecule has 7 heteroatoms. The molecule has 1 aliphatic heterocycles. The zero-order valence-electron chi connectivity index (χ0n) is 11.3. The second-order valence-electron chi connectivity index (χ2n) is 5.21. The number of fused-ring (bicyclic) bond motifs is 1. The number of aromatic nitrogens is 1. The van der Waals surface area contributed by atoms with Gasteiger partial charge in [-0.05, 0) is 11.5 Å². The van der Waals surface area contributed by atoms with Crippen molar-refractivity contribution in [3.05, 3.63) is 42.2 Å². The fraction of sp³-hybridized carbons (Fsp3) is 0.286. The molecule has 0 spiro atoms. The Hall–Kier alpha value is -1.99. The first-order chi connectivity index (χ1) is 9.93. The van der Waals surface area contributed by atoms with Crippen molar-refractivity contribution >= 4 is 26.7 Å². The molecule has 110 valence electrons. The molecule has 21 heavy (non-hydrogen) atoms. The minimum absolute atomic E-state index is 0.0492. The molecule has 1 aromatic heterocycles. The number of nitrogens with two attached hydrogens (primary N) is 1. The summed E-state index contributed by atoms with van der Waals surface area (Å²) in [5.74, 6) is -0.205. The number of primary sulfonamides is 1. The first kappa shape index (κ1) is 14.0. The van der Waals surface area contributed by atoms with Crippen LogP contribution in [-0.4, -0.2) is 36.0 Å². The number of pyridine rings is 1. The third kappa shape index (κ3) is 2.88. The van der Waals surface area contributed by atoms with Crippen LogP contribution in [0.3, 0.4) is 0 Å². The summed E-state index contributed by atoms with van der Waals surface area (Å²) in [7, 11) is -3.68. The van der Waals surface area contributed by atoms with Crippen LogP contribution in [0.2, 0.25) is 0 Å². The predicted molar refractivity (Wildman–Crippen MR) is 78.7 cm³/mol. The highest BCUT2D eigenvalue weighted by atomic mass is 32.2. The Morgan fingerprint density at radius 3 is 2.67 bits per heavy atom. The second-order valence-corrected chi connectivity index (χ2v) is 7.06. The fourth-order valence-corrected chi connectivity index (χ4v) is 3.28. The number of hydrogen-bond donors (Lipinski definition) is 1. The van der Waals surface area contributed by atoms with Gasteiger partial charge in [-0.1, -0.05) is 24.3 Å². The molecule has 0 bridgehead atoms. The first-order valence-electron chi connectivity index (χ1n) is 6.56. The summed E-state index contributed by atoms with van der Waals surface area (Å²) in [6.07, 6.45) is 1.70. The smallest absolute Gasteiger partial charge is 0.224 e. The fourth-order valence-electron chi connectivity index (χ4n) is 2.52. The van der Waals surface area contributed by atoms with Crippen molar-refractivity contribution in [3.63, 3.8) is 0 Å². The molecule has 2 aromatic rings. The van der Waals surface area contributed by atoms with Crippen LogP contribution < -0.4 is 5.14 Å². The minimum atomic E-state index is -3.68. The Morgan fingerprint density at radius 1 is 1.29 bits per heavy atom. The summed E-state index contributed by atoms with van der Waals surface area (Å²) in [6, 6.07) is 9.71. The minimum Gasteiger partial charge on any atom is -0.335 e. The van der Waals surface area contributed by atoms with Gasteiger partial charge in [0.05, 0.1) is 12.2 Å². The number of hydrogen-bond acceptors (Lipinski definition) is 4. The highest BCUT2D eigenvalue weighted by Crippen LogP contribution is 2.20. The highest BCUT2D eigenvalue weighted by Gasteiger charge is 2.36. The maximum absolute atomic E-state index is 11.9. The van der Waals surface area contributed by atoms with Crippen LogP contribution >= 0.6 is 0 Å². The zero-order valence-corrected chi connectivity index (χ0v) is 12.1. The maximum atomic E-state index is 11.9. The van der Waals surface area contributed by atoms with E-state index >= 15 is 0 Å². The second kappa shape index (κ2) is 5.09. The molecule has 6 nitrogen and oxygen atoms in total. The molecule has 0 aliphatic carbocycles. The number of likely N-dealkylation sites (tertiary alicyclic amines) is 1. The Kier molecular flexibility index (Phi) is 3.38. The van der Waals surface area contributed by atoms with Crippen LogP contribution in [0.25, 0.3) is 10.8 Å². The van der Waals surface area contributed by atoms with Crippen molar-refractivity contribution in [2.24, 2.45) is 5.14 Å². The quantitative estimate of drug-likeness (QED) is 0.899. The third-order valence-corrected chi connectivity index (χ3v) is 4.93. The van der Waals surface area contributed by atoms with E-state index in [0.717, 1.165) is 16.5 Å². The Morgan fingerprint density at radius 2 is 2.00 bits per heavy atom. The molecule has 1 aliphatic rings. The molecule has 0 radical (unpaired) electrons. The Bertz CT molecular complexity index is 804. The molecule has 1 saturated heterocycles. The van der Waals surface area contributed by atoms with Gasteiger partial charge in [0.2, 0.25) is 15.9 Å². The molecule has 1 unspecified atom stereocenters. The van der Waals surface area contributed by atoms with Crippen LogP contribution in [0, 0.1) is 0 Å². The predicted octanol–water partition coefficient (Wildman–Crippen LogP) is 0.624. The van der Waals surface area contributed by atoms with Crippen LogP contribution in [0.4, 0.5) is 0 Å².